The van der Waals surface area contributed by atoms with Gasteiger partial charge in [-0.15, -0.1) is 0 Å². The summed E-state index contributed by atoms with van der Waals surface area (Å²) in [6.45, 7) is 8.79. The van der Waals surface area contributed by atoms with E-state index in [0.717, 1.165) is 11.8 Å². The molecule has 0 N–H and O–H groups in total. The summed E-state index contributed by atoms with van der Waals surface area (Å²) in [4.78, 5) is 2.40. The molecule has 0 saturated heterocycles. The van der Waals surface area contributed by atoms with E-state index >= 15 is 0 Å². The molecular weight excluding hydrogens is 218 g/mol. The summed E-state index contributed by atoms with van der Waals surface area (Å²) >= 11 is 0. The molecule has 1 heteroatoms. The number of fused-ring (bicyclic) bond motifs is 6. The molecule has 3 rings (SSSR count). The van der Waals surface area contributed by atoms with Crippen molar-refractivity contribution in [2.75, 3.05) is 20.6 Å². The lowest BCUT2D eigenvalue weighted by molar-refractivity contribution is 0.0467. The lowest BCUT2D eigenvalue weighted by atomic mass is 9.60. The molecule has 3 aliphatic rings. The van der Waals surface area contributed by atoms with Gasteiger partial charge in [-0.05, 0) is 75.3 Å². The summed E-state index contributed by atoms with van der Waals surface area (Å²) < 4.78 is 0. The second-order valence-corrected chi connectivity index (χ2v) is 8.68. The SMILES string of the molecule is CN(C)CC1(C)CCCC(C)(C)CC2CC(C2)C1. The van der Waals surface area contributed by atoms with E-state index in [-0.39, 0.29) is 0 Å². The Hall–Kier alpha value is -0.0400. The van der Waals surface area contributed by atoms with Crippen molar-refractivity contribution >= 4 is 0 Å². The normalized spacial score (nSPS) is 40.3. The lowest BCUT2D eigenvalue weighted by Crippen LogP contribution is -2.38. The minimum atomic E-state index is 0.562. The Balaban J connectivity index is 2.01. The quantitative estimate of drug-likeness (QED) is 0.695. The third-order valence-electron chi connectivity index (χ3n) is 5.29. The molecule has 0 heterocycles. The second kappa shape index (κ2) is 5.15. The maximum atomic E-state index is 2.54. The molecule has 3 saturated carbocycles. The summed E-state index contributed by atoms with van der Waals surface area (Å²) in [5, 5.41) is 0. The van der Waals surface area contributed by atoms with E-state index in [1.54, 1.807) is 0 Å². The van der Waals surface area contributed by atoms with Gasteiger partial charge in [0.25, 0.3) is 0 Å². The van der Waals surface area contributed by atoms with Gasteiger partial charge in [0.2, 0.25) is 0 Å². The summed E-state index contributed by atoms with van der Waals surface area (Å²) in [5.74, 6) is 2.08. The van der Waals surface area contributed by atoms with E-state index in [1.165, 1.54) is 51.5 Å². The van der Waals surface area contributed by atoms with Gasteiger partial charge in [0, 0.05) is 6.54 Å². The first kappa shape index (κ1) is 14.4. The van der Waals surface area contributed by atoms with Crippen LogP contribution in [0.1, 0.15) is 65.7 Å². The fourth-order valence-corrected chi connectivity index (χ4v) is 4.79. The highest BCUT2D eigenvalue weighted by atomic mass is 15.1. The van der Waals surface area contributed by atoms with Crippen molar-refractivity contribution in [3.05, 3.63) is 0 Å². The molecule has 0 aromatic carbocycles. The highest BCUT2D eigenvalue weighted by Gasteiger charge is 2.39. The second-order valence-electron chi connectivity index (χ2n) is 8.68. The zero-order chi connectivity index (χ0) is 13.4. The molecule has 3 aliphatic carbocycles. The van der Waals surface area contributed by atoms with Crippen LogP contribution in [0.2, 0.25) is 0 Å². The first-order valence-electron chi connectivity index (χ1n) is 7.93. The van der Waals surface area contributed by atoms with Crippen LogP contribution in [-0.2, 0) is 0 Å². The van der Waals surface area contributed by atoms with Gasteiger partial charge in [0.15, 0.2) is 0 Å². The number of nitrogens with zero attached hydrogens (tertiary/aromatic N) is 1. The van der Waals surface area contributed by atoms with Crippen LogP contribution in [0.25, 0.3) is 0 Å². The monoisotopic (exact) mass is 251 g/mol. The summed E-state index contributed by atoms with van der Waals surface area (Å²) in [7, 11) is 4.47. The molecule has 2 bridgehead atoms. The van der Waals surface area contributed by atoms with Crippen LogP contribution in [0, 0.1) is 22.7 Å². The maximum Gasteiger partial charge on any atom is 0.00293 e. The molecule has 0 aromatic heterocycles. The van der Waals surface area contributed by atoms with Crippen LogP contribution < -0.4 is 0 Å². The largest absolute Gasteiger partial charge is 0.309 e. The molecule has 0 aromatic rings. The molecule has 0 aliphatic heterocycles. The third-order valence-corrected chi connectivity index (χ3v) is 5.29. The van der Waals surface area contributed by atoms with Crippen molar-refractivity contribution in [1.82, 2.24) is 4.90 Å². The van der Waals surface area contributed by atoms with E-state index in [1.807, 2.05) is 0 Å². The maximum absolute atomic E-state index is 2.54. The first-order valence-corrected chi connectivity index (χ1v) is 7.93. The van der Waals surface area contributed by atoms with Crippen molar-refractivity contribution < 1.29 is 0 Å². The van der Waals surface area contributed by atoms with Crippen molar-refractivity contribution in [3.63, 3.8) is 0 Å². The molecule has 0 spiro atoms. The van der Waals surface area contributed by atoms with Gasteiger partial charge in [-0.25, -0.2) is 0 Å². The Kier molecular flexibility index (Phi) is 4.11. The van der Waals surface area contributed by atoms with Gasteiger partial charge >= 0.3 is 0 Å². The molecule has 106 valence electrons. The van der Waals surface area contributed by atoms with Crippen LogP contribution >= 0.6 is 0 Å². The van der Waals surface area contributed by atoms with Crippen LogP contribution in [-0.4, -0.2) is 25.5 Å². The topological polar surface area (TPSA) is 3.24 Å². The zero-order valence-corrected chi connectivity index (χ0v) is 13.3. The highest BCUT2D eigenvalue weighted by molar-refractivity contribution is 4.91. The standard InChI is InChI=1S/C17H33N/c1-16(2)7-6-8-17(3,13-18(4)5)12-15-9-14(10-15)11-16/h14-15H,6-13H2,1-5H3. The lowest BCUT2D eigenvalue weighted by Gasteiger charge is -2.46. The Morgan fingerprint density at radius 2 is 1.56 bits per heavy atom. The van der Waals surface area contributed by atoms with E-state index in [0.29, 0.717) is 10.8 Å². The van der Waals surface area contributed by atoms with E-state index in [9.17, 15) is 0 Å². The molecule has 0 amide bonds. The zero-order valence-electron chi connectivity index (χ0n) is 13.3. The highest BCUT2D eigenvalue weighted by Crippen LogP contribution is 2.50. The summed E-state index contributed by atoms with van der Waals surface area (Å²) in [5.41, 5.74) is 1.15. The van der Waals surface area contributed by atoms with Gasteiger partial charge in [0.1, 0.15) is 0 Å². The minimum absolute atomic E-state index is 0.562. The van der Waals surface area contributed by atoms with E-state index in [4.69, 9.17) is 0 Å². The van der Waals surface area contributed by atoms with Crippen molar-refractivity contribution in [3.8, 4) is 0 Å². The van der Waals surface area contributed by atoms with Crippen molar-refractivity contribution in [2.24, 2.45) is 22.7 Å². The number of rotatable bonds is 2. The van der Waals surface area contributed by atoms with Crippen LogP contribution in [0.3, 0.4) is 0 Å². The van der Waals surface area contributed by atoms with Crippen molar-refractivity contribution in [2.45, 2.75) is 65.7 Å². The predicted molar refractivity (Wildman–Crippen MR) is 79.7 cm³/mol. The first-order chi connectivity index (χ1) is 8.28. The van der Waals surface area contributed by atoms with Gasteiger partial charge in [-0.3, -0.25) is 0 Å². The van der Waals surface area contributed by atoms with Crippen LogP contribution in [0.4, 0.5) is 0 Å². The Morgan fingerprint density at radius 1 is 0.944 bits per heavy atom. The van der Waals surface area contributed by atoms with Gasteiger partial charge in [-0.1, -0.05) is 27.2 Å². The van der Waals surface area contributed by atoms with Gasteiger partial charge in [-0.2, -0.15) is 0 Å². The summed E-state index contributed by atoms with van der Waals surface area (Å²) in [6, 6.07) is 0. The molecule has 1 atom stereocenters. The van der Waals surface area contributed by atoms with Crippen LogP contribution in [0.15, 0.2) is 0 Å². The van der Waals surface area contributed by atoms with E-state index < -0.39 is 0 Å². The minimum Gasteiger partial charge on any atom is -0.309 e. The predicted octanol–water partition coefficient (Wildman–Crippen LogP) is 4.57. The van der Waals surface area contributed by atoms with E-state index in [2.05, 4.69) is 39.8 Å². The van der Waals surface area contributed by atoms with Crippen molar-refractivity contribution in [1.29, 1.82) is 0 Å². The number of hydrogen-bond acceptors (Lipinski definition) is 1. The fraction of sp³-hybridized carbons (Fsp3) is 1.00. The third kappa shape index (κ3) is 3.73. The molecular formula is C17H33N. The Labute approximate surface area is 114 Å². The van der Waals surface area contributed by atoms with Crippen LogP contribution in [0.5, 0.6) is 0 Å². The Bertz CT molecular complexity index is 275. The van der Waals surface area contributed by atoms with Gasteiger partial charge in [0.05, 0.1) is 0 Å². The smallest absolute Gasteiger partial charge is 0.00293 e. The fourth-order valence-electron chi connectivity index (χ4n) is 4.79. The average Bonchev–Trinajstić information content (AvgIpc) is 2.11. The molecule has 1 unspecified atom stereocenters. The molecule has 1 nitrogen and oxygen atoms in total. The number of hydrogen-bond donors (Lipinski definition) is 0. The van der Waals surface area contributed by atoms with Gasteiger partial charge < -0.3 is 4.90 Å². The molecule has 3 fully saturated rings. The molecule has 18 heavy (non-hydrogen) atoms. The Morgan fingerprint density at radius 3 is 2.17 bits per heavy atom. The molecule has 0 radical (unpaired) electrons. The average molecular weight is 251 g/mol. The summed E-state index contributed by atoms with van der Waals surface area (Å²) in [6.07, 6.45) is 10.3.